The molecule has 0 fully saturated rings. The number of alkyl halides is 1. The quantitative estimate of drug-likeness (QED) is 0.0682. The number of allylic oxidation sites excluding steroid dienone is 3. The van der Waals surface area contributed by atoms with E-state index in [1.807, 2.05) is 68.2 Å². The Morgan fingerprint density at radius 3 is 2.62 bits per heavy atom. The average molecular weight is 778 g/mol. The molecule has 8 heteroatoms. The van der Waals surface area contributed by atoms with Crippen LogP contribution in [0.2, 0.25) is 0 Å². The van der Waals surface area contributed by atoms with Crippen molar-refractivity contribution in [1.82, 2.24) is 0 Å². The summed E-state index contributed by atoms with van der Waals surface area (Å²) < 4.78 is 28.4. The van der Waals surface area contributed by atoms with Gasteiger partial charge in [-0.15, -0.1) is 0 Å². The van der Waals surface area contributed by atoms with Crippen molar-refractivity contribution < 1.29 is 18.5 Å². The molecule has 4 nitrogen and oxygen atoms in total. The van der Waals surface area contributed by atoms with Gasteiger partial charge in [-0.3, -0.25) is 0 Å². The van der Waals surface area contributed by atoms with Gasteiger partial charge in [0.1, 0.15) is 0 Å². The van der Waals surface area contributed by atoms with Crippen molar-refractivity contribution in [1.29, 1.82) is 0 Å². The number of rotatable bonds is 4. The molecule has 2 unspecified atom stereocenters. The molecule has 0 spiro atoms. The molecule has 2 aliphatic heterocycles. The van der Waals surface area contributed by atoms with Crippen LogP contribution in [0.3, 0.4) is 0 Å². The number of hydrogen-bond donors (Lipinski definition) is 0. The number of carbonyl (C=O) groups is 1. The molecule has 2 aromatic carbocycles. The Balaban J connectivity index is 1.39. The number of hydrogen-bond acceptors (Lipinski definition) is 5. The van der Waals surface area contributed by atoms with Gasteiger partial charge in [0.25, 0.3) is 0 Å². The second-order valence-corrected chi connectivity index (χ2v) is 26.2. The summed E-state index contributed by atoms with van der Waals surface area (Å²) in [5.41, 5.74) is 4.13. The number of aryl methyl sites for hydroxylation is 1. The van der Waals surface area contributed by atoms with Crippen molar-refractivity contribution in [3.05, 3.63) is 115 Å². The van der Waals surface area contributed by atoms with E-state index in [-0.39, 0.29) is 9.89 Å². The Morgan fingerprint density at radius 1 is 1.13 bits per heavy atom. The number of thiophene rings is 1. The fraction of sp³-hybridized carbons (Fsp3) is 0.129. The predicted octanol–water partition coefficient (Wildman–Crippen LogP) is 9.31. The number of cyclic esters (lactones) is 1. The predicted molar refractivity (Wildman–Crippen MR) is 179 cm³/mol. The monoisotopic (exact) mass is 778 g/mol. The molecule has 6 rings (SSSR count). The third kappa shape index (κ3) is 4.75. The fourth-order valence-electron chi connectivity index (χ4n) is 5.02. The second kappa shape index (κ2) is 10.3. The Hall–Kier alpha value is -2.20. The van der Waals surface area contributed by atoms with Gasteiger partial charge < -0.3 is 0 Å². The van der Waals surface area contributed by atoms with Gasteiger partial charge in [0.05, 0.1) is 0 Å². The zero-order chi connectivity index (χ0) is 27.5. The molecular formula is C31H25I2O4PS. The number of furan rings is 1. The van der Waals surface area contributed by atoms with Crippen LogP contribution >= 0.6 is 58.0 Å². The van der Waals surface area contributed by atoms with Crippen molar-refractivity contribution >= 4 is 75.3 Å². The molecule has 2 aliphatic rings. The zero-order valence-electron chi connectivity index (χ0n) is 21.4. The number of ether oxygens (including phenoxy) is 1. The SMILES string of the molecule is C=C/C=C\c1oc(-c2ccc(-c3cc4c(s3)C(=O)OC(=C)C3Cc5cc(I)ccc5P(C)(=O)I43)cc2)cc1C. The first-order valence-corrected chi connectivity index (χ1v) is 21.4. The number of carbonyl (C=O) groups excluding carboxylic acids is 1. The Bertz CT molecular complexity index is 1740. The molecule has 0 saturated carbocycles. The van der Waals surface area contributed by atoms with Crippen LogP contribution < -0.4 is 5.30 Å². The number of benzene rings is 2. The van der Waals surface area contributed by atoms with E-state index in [1.54, 1.807) is 6.08 Å². The van der Waals surface area contributed by atoms with E-state index in [1.165, 1.54) is 11.3 Å². The van der Waals surface area contributed by atoms with E-state index in [4.69, 9.17) is 9.15 Å². The molecule has 0 aliphatic carbocycles. The molecular weight excluding hydrogens is 753 g/mol. The van der Waals surface area contributed by atoms with E-state index in [9.17, 15) is 9.36 Å². The van der Waals surface area contributed by atoms with Crippen LogP contribution in [-0.4, -0.2) is 16.6 Å². The van der Waals surface area contributed by atoms with E-state index < -0.39 is 24.1 Å². The summed E-state index contributed by atoms with van der Waals surface area (Å²) in [6.45, 7) is 11.8. The molecule has 2 aromatic heterocycles. The minimum atomic E-state index is -2.75. The van der Waals surface area contributed by atoms with Crippen LogP contribution in [0.15, 0.2) is 90.1 Å². The molecule has 198 valence electrons. The van der Waals surface area contributed by atoms with Crippen molar-refractivity contribution in [3.8, 4) is 21.8 Å². The molecule has 2 atom stereocenters. The number of fused-ring (bicyclic) bond motifs is 4. The molecule has 0 N–H and O–H groups in total. The third-order valence-electron chi connectivity index (χ3n) is 6.92. The standard InChI is InChI=1S/C31H25I2O4PS/c1-5-6-7-26-18(2)14-27(37-26)20-8-10-21(11-9-20)29-17-25-30(39-29)31(34)36-19(3)24-16-22-15-23(32)12-13-28(22)38(4,35)33(24)25/h5-15,17,24H,1,3,16H2,2,4H3/b7-6-. The summed E-state index contributed by atoms with van der Waals surface area (Å²) in [6.07, 6.45) is 6.20. The van der Waals surface area contributed by atoms with E-state index >= 15 is 0 Å². The van der Waals surface area contributed by atoms with Crippen LogP contribution in [-0.2, 0) is 15.7 Å². The van der Waals surface area contributed by atoms with E-state index in [0.717, 1.165) is 51.1 Å². The summed E-state index contributed by atoms with van der Waals surface area (Å²) in [5, 5.41) is 0.964. The molecule has 4 heterocycles. The Morgan fingerprint density at radius 2 is 1.87 bits per heavy atom. The van der Waals surface area contributed by atoms with Crippen LogP contribution in [0, 0.1) is 14.1 Å². The van der Waals surface area contributed by atoms with Gasteiger partial charge in [-0.25, -0.2) is 0 Å². The van der Waals surface area contributed by atoms with Gasteiger partial charge in [0, 0.05) is 0 Å². The van der Waals surface area contributed by atoms with Gasteiger partial charge in [-0.05, 0) is 0 Å². The van der Waals surface area contributed by atoms with Crippen LogP contribution in [0.25, 0.3) is 27.8 Å². The summed E-state index contributed by atoms with van der Waals surface area (Å²) in [5.74, 6) is 1.70. The Labute approximate surface area is 252 Å². The molecule has 0 saturated heterocycles. The van der Waals surface area contributed by atoms with Crippen LogP contribution in [0.4, 0.5) is 0 Å². The summed E-state index contributed by atoms with van der Waals surface area (Å²) in [6, 6.07) is 18.5. The van der Waals surface area contributed by atoms with E-state index in [0.29, 0.717) is 17.1 Å². The zero-order valence-corrected chi connectivity index (χ0v) is 27.4. The first-order valence-electron chi connectivity index (χ1n) is 12.3. The topological polar surface area (TPSA) is 56.5 Å². The molecule has 0 bridgehead atoms. The molecule has 4 aromatic rings. The molecule has 0 radical (unpaired) electrons. The van der Waals surface area contributed by atoms with Gasteiger partial charge >= 0.3 is 241 Å². The van der Waals surface area contributed by atoms with Gasteiger partial charge in [-0.2, -0.15) is 0 Å². The third-order valence-corrected chi connectivity index (χ3v) is 26.0. The fourth-order valence-corrected chi connectivity index (χ4v) is 25.8. The van der Waals surface area contributed by atoms with E-state index in [2.05, 4.69) is 47.9 Å². The summed E-state index contributed by atoms with van der Waals surface area (Å²) in [4.78, 5) is 12.0. The Kier molecular flexibility index (Phi) is 7.15. The normalized spacial score (nSPS) is 21.2. The minimum absolute atomic E-state index is 0.0720. The van der Waals surface area contributed by atoms with Crippen molar-refractivity contribution in [2.75, 3.05) is 6.66 Å². The summed E-state index contributed by atoms with van der Waals surface area (Å²) >= 11 is 1.26. The van der Waals surface area contributed by atoms with Gasteiger partial charge in [0.2, 0.25) is 0 Å². The maximum absolute atomic E-state index is 14.6. The first kappa shape index (κ1) is 27.0. The molecule has 0 amide bonds. The average Bonchev–Trinajstić information content (AvgIpc) is 3.48. The van der Waals surface area contributed by atoms with Gasteiger partial charge in [0.15, 0.2) is 0 Å². The maximum atomic E-state index is 14.6. The van der Waals surface area contributed by atoms with Crippen molar-refractivity contribution in [3.63, 3.8) is 0 Å². The van der Waals surface area contributed by atoms with Crippen molar-refractivity contribution in [2.24, 2.45) is 0 Å². The van der Waals surface area contributed by atoms with Crippen molar-refractivity contribution in [2.45, 2.75) is 17.3 Å². The second-order valence-electron chi connectivity index (χ2n) is 9.53. The van der Waals surface area contributed by atoms with Crippen LogP contribution in [0.5, 0.6) is 0 Å². The summed E-state index contributed by atoms with van der Waals surface area (Å²) in [7, 11) is 0. The number of esters is 1. The van der Waals surface area contributed by atoms with Crippen LogP contribution in [0.1, 0.15) is 26.6 Å². The van der Waals surface area contributed by atoms with Gasteiger partial charge in [-0.1, -0.05) is 12.7 Å². The first-order chi connectivity index (χ1) is 18.7. The number of halogens is 2. The molecule has 39 heavy (non-hydrogen) atoms.